The third-order valence-corrected chi connectivity index (χ3v) is 6.17. The van der Waals surface area contributed by atoms with Crippen LogP contribution in [0.2, 0.25) is 0 Å². The van der Waals surface area contributed by atoms with Crippen LogP contribution in [0.3, 0.4) is 0 Å². The molecule has 0 saturated heterocycles. The van der Waals surface area contributed by atoms with Crippen LogP contribution in [0, 0.1) is 0 Å². The van der Waals surface area contributed by atoms with Gasteiger partial charge in [0.15, 0.2) is 5.11 Å². The van der Waals surface area contributed by atoms with Gasteiger partial charge in [-0.15, -0.1) is 11.3 Å². The minimum atomic E-state index is -0.473. The highest BCUT2D eigenvalue weighted by Crippen LogP contribution is 2.37. The van der Waals surface area contributed by atoms with Gasteiger partial charge >= 0.3 is 0 Å². The number of primary amides is 1. The maximum Gasteiger partial charge on any atom is 0.257 e. The standard InChI is InChI=1S/C21H25N3O3S2/c1-2-3-12-27-14-10-8-13(9-11-14)19(26)23-21(28)24-20-17(18(22)25)15-6-4-5-7-16(15)29-20/h8-11H,2-7,12H2,1H3,(H2,22,25)(H2,23,24,26,28). The summed E-state index contributed by atoms with van der Waals surface area (Å²) < 4.78 is 5.60. The Morgan fingerprint density at radius 3 is 2.62 bits per heavy atom. The van der Waals surface area contributed by atoms with Crippen molar-refractivity contribution in [3.63, 3.8) is 0 Å². The van der Waals surface area contributed by atoms with E-state index in [1.54, 1.807) is 24.3 Å². The largest absolute Gasteiger partial charge is 0.494 e. The van der Waals surface area contributed by atoms with Gasteiger partial charge in [0.05, 0.1) is 12.2 Å². The molecule has 0 spiro atoms. The molecule has 0 aliphatic heterocycles. The van der Waals surface area contributed by atoms with Gasteiger partial charge in [0.25, 0.3) is 11.8 Å². The molecule has 154 valence electrons. The lowest BCUT2D eigenvalue weighted by molar-refractivity contribution is 0.0975. The predicted octanol–water partition coefficient (Wildman–Crippen LogP) is 4.03. The first-order valence-electron chi connectivity index (χ1n) is 9.79. The van der Waals surface area contributed by atoms with E-state index in [0.717, 1.165) is 49.8 Å². The number of ether oxygens (including phenoxy) is 1. The van der Waals surface area contributed by atoms with E-state index in [0.29, 0.717) is 22.7 Å². The second-order valence-electron chi connectivity index (χ2n) is 6.91. The monoisotopic (exact) mass is 431 g/mol. The number of fused-ring (bicyclic) bond motifs is 1. The summed E-state index contributed by atoms with van der Waals surface area (Å²) in [6.45, 7) is 2.76. The lowest BCUT2D eigenvalue weighted by atomic mass is 9.95. The van der Waals surface area contributed by atoms with Crippen molar-refractivity contribution >= 4 is 45.5 Å². The molecule has 1 aliphatic carbocycles. The third kappa shape index (κ3) is 5.33. The van der Waals surface area contributed by atoms with Crippen LogP contribution in [-0.4, -0.2) is 23.5 Å². The predicted molar refractivity (Wildman–Crippen MR) is 120 cm³/mol. The number of unbranched alkanes of at least 4 members (excludes halogenated alkanes) is 1. The van der Waals surface area contributed by atoms with Crippen LogP contribution < -0.4 is 21.1 Å². The second-order valence-corrected chi connectivity index (χ2v) is 8.43. The Labute approximate surface area is 179 Å². The summed E-state index contributed by atoms with van der Waals surface area (Å²) in [5, 5.41) is 6.39. The first-order valence-corrected chi connectivity index (χ1v) is 11.0. The summed E-state index contributed by atoms with van der Waals surface area (Å²) in [4.78, 5) is 25.6. The van der Waals surface area contributed by atoms with E-state index in [4.69, 9.17) is 22.7 Å². The number of thiocarbonyl (C=S) groups is 1. The molecular formula is C21H25N3O3S2. The van der Waals surface area contributed by atoms with Crippen molar-refractivity contribution in [3.05, 3.63) is 45.8 Å². The quantitative estimate of drug-likeness (QED) is 0.455. The summed E-state index contributed by atoms with van der Waals surface area (Å²) in [5.41, 5.74) is 7.58. The zero-order valence-electron chi connectivity index (χ0n) is 16.4. The number of nitrogens with one attached hydrogen (secondary N) is 2. The topological polar surface area (TPSA) is 93.4 Å². The van der Waals surface area contributed by atoms with E-state index in [1.165, 1.54) is 16.2 Å². The summed E-state index contributed by atoms with van der Waals surface area (Å²) in [6.07, 6.45) is 5.98. The smallest absolute Gasteiger partial charge is 0.257 e. The molecule has 0 radical (unpaired) electrons. The SMILES string of the molecule is CCCCOc1ccc(C(=O)NC(=S)Nc2sc3c(c2C(N)=O)CCCC3)cc1. The van der Waals surface area contributed by atoms with Gasteiger partial charge in [0.2, 0.25) is 0 Å². The summed E-state index contributed by atoms with van der Waals surface area (Å²) in [7, 11) is 0. The molecule has 29 heavy (non-hydrogen) atoms. The Hall–Kier alpha value is -2.45. The number of carbonyl (C=O) groups is 2. The van der Waals surface area contributed by atoms with E-state index in [9.17, 15) is 9.59 Å². The van der Waals surface area contributed by atoms with Crippen molar-refractivity contribution in [2.45, 2.75) is 45.4 Å². The fourth-order valence-corrected chi connectivity index (χ4v) is 4.82. The number of carbonyl (C=O) groups excluding carboxylic acids is 2. The Morgan fingerprint density at radius 2 is 1.93 bits per heavy atom. The number of nitrogens with two attached hydrogens (primary N) is 1. The molecule has 2 aromatic rings. The van der Waals surface area contributed by atoms with Crippen LogP contribution in [0.4, 0.5) is 5.00 Å². The minimum Gasteiger partial charge on any atom is -0.494 e. The maximum absolute atomic E-state index is 12.5. The molecule has 3 rings (SSSR count). The van der Waals surface area contributed by atoms with Gasteiger partial charge in [-0.3, -0.25) is 14.9 Å². The maximum atomic E-state index is 12.5. The molecule has 4 N–H and O–H groups in total. The number of thiophene rings is 1. The van der Waals surface area contributed by atoms with Gasteiger partial charge in [-0.25, -0.2) is 0 Å². The average molecular weight is 432 g/mol. The molecule has 1 aromatic heterocycles. The molecule has 1 aromatic carbocycles. The van der Waals surface area contributed by atoms with Crippen molar-refractivity contribution in [2.75, 3.05) is 11.9 Å². The zero-order valence-corrected chi connectivity index (χ0v) is 18.0. The molecular weight excluding hydrogens is 406 g/mol. The van der Waals surface area contributed by atoms with Gasteiger partial charge < -0.3 is 15.8 Å². The van der Waals surface area contributed by atoms with E-state index in [-0.39, 0.29) is 11.0 Å². The van der Waals surface area contributed by atoms with Crippen LogP contribution in [0.1, 0.15) is 63.8 Å². The highest BCUT2D eigenvalue weighted by molar-refractivity contribution is 7.80. The summed E-state index contributed by atoms with van der Waals surface area (Å²) in [6, 6.07) is 6.91. The van der Waals surface area contributed by atoms with Gasteiger partial charge in [0.1, 0.15) is 10.8 Å². The van der Waals surface area contributed by atoms with E-state index >= 15 is 0 Å². The normalized spacial score (nSPS) is 12.7. The third-order valence-electron chi connectivity index (χ3n) is 4.75. The second kappa shape index (κ2) is 9.84. The molecule has 0 unspecified atom stereocenters. The van der Waals surface area contributed by atoms with Crippen LogP contribution in [0.25, 0.3) is 0 Å². The number of amides is 2. The molecule has 1 aliphatic rings. The van der Waals surface area contributed by atoms with Crippen molar-refractivity contribution < 1.29 is 14.3 Å². The molecule has 2 amide bonds. The van der Waals surface area contributed by atoms with Crippen LogP contribution >= 0.6 is 23.6 Å². The molecule has 8 heteroatoms. The van der Waals surface area contributed by atoms with Gasteiger partial charge in [0, 0.05) is 10.4 Å². The number of rotatable bonds is 7. The molecule has 1 heterocycles. The first-order chi connectivity index (χ1) is 14.0. The number of aryl methyl sites for hydroxylation is 1. The molecule has 0 bridgehead atoms. The van der Waals surface area contributed by atoms with Crippen molar-refractivity contribution in [2.24, 2.45) is 5.73 Å². The average Bonchev–Trinajstić information content (AvgIpc) is 3.06. The van der Waals surface area contributed by atoms with Crippen molar-refractivity contribution in [1.82, 2.24) is 5.32 Å². The Kier molecular flexibility index (Phi) is 7.22. The number of benzene rings is 1. The van der Waals surface area contributed by atoms with E-state index in [2.05, 4.69) is 17.6 Å². The van der Waals surface area contributed by atoms with Gasteiger partial charge in [-0.05, 0) is 74.2 Å². The first kappa shape index (κ1) is 21.3. The Bertz CT molecular complexity index is 907. The van der Waals surface area contributed by atoms with Crippen LogP contribution in [-0.2, 0) is 12.8 Å². The number of hydrogen-bond acceptors (Lipinski definition) is 5. The molecule has 6 nitrogen and oxygen atoms in total. The molecule has 0 atom stereocenters. The van der Waals surface area contributed by atoms with Crippen molar-refractivity contribution in [3.8, 4) is 5.75 Å². The Morgan fingerprint density at radius 1 is 1.21 bits per heavy atom. The lowest BCUT2D eigenvalue weighted by Crippen LogP contribution is -2.34. The van der Waals surface area contributed by atoms with E-state index < -0.39 is 5.91 Å². The molecule has 0 saturated carbocycles. The zero-order chi connectivity index (χ0) is 20.8. The van der Waals surface area contributed by atoms with Crippen LogP contribution in [0.15, 0.2) is 24.3 Å². The van der Waals surface area contributed by atoms with Crippen LogP contribution in [0.5, 0.6) is 5.75 Å². The minimum absolute atomic E-state index is 0.138. The van der Waals surface area contributed by atoms with Gasteiger partial charge in [-0.1, -0.05) is 13.3 Å². The summed E-state index contributed by atoms with van der Waals surface area (Å²) >= 11 is 6.77. The number of anilines is 1. The van der Waals surface area contributed by atoms with Gasteiger partial charge in [-0.2, -0.15) is 0 Å². The van der Waals surface area contributed by atoms with E-state index in [1.807, 2.05) is 0 Å². The van der Waals surface area contributed by atoms with Crippen molar-refractivity contribution in [1.29, 1.82) is 0 Å². The highest BCUT2D eigenvalue weighted by atomic mass is 32.1. The Balaban J connectivity index is 1.63. The highest BCUT2D eigenvalue weighted by Gasteiger charge is 2.24. The molecule has 0 fully saturated rings. The number of hydrogen-bond donors (Lipinski definition) is 3. The lowest BCUT2D eigenvalue weighted by Gasteiger charge is -2.12. The fourth-order valence-electron chi connectivity index (χ4n) is 3.26. The summed E-state index contributed by atoms with van der Waals surface area (Å²) in [5.74, 6) is -0.0739. The fraction of sp³-hybridized carbons (Fsp3) is 0.381.